The first-order valence-electron chi connectivity index (χ1n) is 10.6. The maximum Gasteiger partial charge on any atom is 0.324 e. The maximum absolute atomic E-state index is 14.1. The van der Waals surface area contributed by atoms with Crippen molar-refractivity contribution in [2.75, 3.05) is 18.8 Å². The van der Waals surface area contributed by atoms with Gasteiger partial charge in [-0.1, -0.05) is 31.4 Å². The van der Waals surface area contributed by atoms with E-state index in [4.69, 9.17) is 0 Å². The number of sulfonamides is 1. The molecule has 2 N–H and O–H groups in total. The van der Waals surface area contributed by atoms with Gasteiger partial charge in [-0.3, -0.25) is 10.1 Å². The highest BCUT2D eigenvalue weighted by atomic mass is 32.2. The Morgan fingerprint density at radius 3 is 2.67 bits per heavy atom. The van der Waals surface area contributed by atoms with Crippen molar-refractivity contribution in [1.29, 1.82) is 0 Å². The summed E-state index contributed by atoms with van der Waals surface area (Å²) < 4.78 is 41.5. The SMILES string of the molecule is C[C@@H](NS(=O)(=O)CCCCCN1CC(=O)NC1=O)c1ccc(F)c(CCC2CC2)c1. The van der Waals surface area contributed by atoms with Gasteiger partial charge in [-0.05, 0) is 55.7 Å². The van der Waals surface area contributed by atoms with Gasteiger partial charge in [-0.15, -0.1) is 0 Å². The molecule has 7 nitrogen and oxygen atoms in total. The summed E-state index contributed by atoms with van der Waals surface area (Å²) in [5.41, 5.74) is 1.41. The molecular weight excluding hydrogens is 409 g/mol. The molecule has 1 aromatic rings. The minimum absolute atomic E-state index is 0.0157. The second-order valence-corrected chi connectivity index (χ2v) is 10.2. The lowest BCUT2D eigenvalue weighted by atomic mass is 10.0. The lowest BCUT2D eigenvalue weighted by molar-refractivity contribution is -0.118. The van der Waals surface area contributed by atoms with Gasteiger partial charge in [0.05, 0.1) is 5.75 Å². The topological polar surface area (TPSA) is 95.6 Å². The van der Waals surface area contributed by atoms with Crippen molar-refractivity contribution in [3.8, 4) is 0 Å². The minimum Gasteiger partial charge on any atom is -0.315 e. The molecule has 0 radical (unpaired) electrons. The smallest absolute Gasteiger partial charge is 0.315 e. The van der Waals surface area contributed by atoms with Gasteiger partial charge in [0.1, 0.15) is 12.4 Å². The molecule has 0 aromatic heterocycles. The van der Waals surface area contributed by atoms with Crippen LogP contribution < -0.4 is 10.0 Å². The fourth-order valence-corrected chi connectivity index (χ4v) is 5.03. The van der Waals surface area contributed by atoms with Crippen LogP contribution in [0.15, 0.2) is 18.2 Å². The van der Waals surface area contributed by atoms with Gasteiger partial charge in [0, 0.05) is 12.6 Å². The lowest BCUT2D eigenvalue weighted by Gasteiger charge is -2.16. The summed E-state index contributed by atoms with van der Waals surface area (Å²) in [5, 5.41) is 2.21. The number of aryl methyl sites for hydroxylation is 1. The number of hydrogen-bond donors (Lipinski definition) is 2. The average Bonchev–Trinajstić information content (AvgIpc) is 3.44. The number of carbonyl (C=O) groups is 2. The number of carbonyl (C=O) groups excluding carboxylic acids is 2. The van der Waals surface area contributed by atoms with Gasteiger partial charge < -0.3 is 4.90 Å². The van der Waals surface area contributed by atoms with Crippen molar-refractivity contribution in [1.82, 2.24) is 14.9 Å². The molecule has 1 heterocycles. The van der Waals surface area contributed by atoms with E-state index in [2.05, 4.69) is 10.0 Å². The molecule has 2 fully saturated rings. The van der Waals surface area contributed by atoms with Crippen LogP contribution in [-0.4, -0.2) is 44.1 Å². The van der Waals surface area contributed by atoms with E-state index >= 15 is 0 Å². The number of nitrogens with one attached hydrogen (secondary N) is 2. The summed E-state index contributed by atoms with van der Waals surface area (Å²) in [6, 6.07) is 3.99. The molecule has 0 bridgehead atoms. The highest BCUT2D eigenvalue weighted by Gasteiger charge is 2.26. The van der Waals surface area contributed by atoms with Crippen LogP contribution in [0.3, 0.4) is 0 Å². The zero-order valence-corrected chi connectivity index (χ0v) is 18.1. The van der Waals surface area contributed by atoms with Crippen LogP contribution in [0.25, 0.3) is 0 Å². The summed E-state index contributed by atoms with van der Waals surface area (Å²) in [6.45, 7) is 2.26. The zero-order chi connectivity index (χ0) is 21.7. The monoisotopic (exact) mass is 439 g/mol. The van der Waals surface area contributed by atoms with E-state index in [1.165, 1.54) is 23.8 Å². The molecule has 1 saturated heterocycles. The largest absolute Gasteiger partial charge is 0.324 e. The third kappa shape index (κ3) is 6.77. The standard InChI is InChI=1S/C21H30FN3O4S/c1-15(17-9-10-19(22)18(13-17)8-7-16-5-6-16)24-30(28,29)12-4-2-3-11-25-14-20(26)23-21(25)27/h9-10,13,15-16,24H,2-8,11-12,14H2,1H3,(H,23,26,27)/t15-/m1/s1. The molecule has 1 aliphatic heterocycles. The predicted molar refractivity (Wildman–Crippen MR) is 112 cm³/mol. The van der Waals surface area contributed by atoms with Crippen LogP contribution in [0.2, 0.25) is 0 Å². The van der Waals surface area contributed by atoms with Crippen molar-refractivity contribution in [2.24, 2.45) is 5.92 Å². The molecule has 1 atom stereocenters. The Morgan fingerprint density at radius 1 is 1.23 bits per heavy atom. The highest BCUT2D eigenvalue weighted by molar-refractivity contribution is 7.89. The molecule has 1 saturated carbocycles. The van der Waals surface area contributed by atoms with Crippen molar-refractivity contribution in [3.63, 3.8) is 0 Å². The number of benzene rings is 1. The molecule has 3 amide bonds. The molecule has 9 heteroatoms. The van der Waals surface area contributed by atoms with Gasteiger partial charge in [-0.25, -0.2) is 22.3 Å². The number of halogens is 1. The van der Waals surface area contributed by atoms with Crippen LogP contribution in [-0.2, 0) is 21.2 Å². The summed E-state index contributed by atoms with van der Waals surface area (Å²) in [5.74, 6) is 0.155. The first-order chi connectivity index (χ1) is 14.2. The Labute approximate surface area is 177 Å². The Kier molecular flexibility index (Phi) is 7.46. The van der Waals surface area contributed by atoms with Crippen molar-refractivity contribution in [3.05, 3.63) is 35.1 Å². The number of hydrogen-bond acceptors (Lipinski definition) is 4. The first-order valence-corrected chi connectivity index (χ1v) is 12.3. The van der Waals surface area contributed by atoms with E-state index in [-0.39, 0.29) is 30.1 Å². The van der Waals surface area contributed by atoms with Gasteiger partial charge in [0.2, 0.25) is 15.9 Å². The molecule has 0 spiro atoms. The fraction of sp³-hybridized carbons (Fsp3) is 0.619. The van der Waals surface area contributed by atoms with Crippen LogP contribution in [0, 0.1) is 11.7 Å². The number of nitrogens with zero attached hydrogens (tertiary/aromatic N) is 1. The van der Waals surface area contributed by atoms with Gasteiger partial charge in [0.25, 0.3) is 0 Å². The molecule has 166 valence electrons. The number of unbranched alkanes of at least 4 members (excludes halogenated alkanes) is 2. The van der Waals surface area contributed by atoms with E-state index in [0.717, 1.165) is 12.0 Å². The molecule has 30 heavy (non-hydrogen) atoms. The normalized spacial score (nSPS) is 18.0. The number of imide groups is 1. The highest BCUT2D eigenvalue weighted by Crippen LogP contribution is 2.34. The number of rotatable bonds is 12. The third-order valence-electron chi connectivity index (χ3n) is 5.65. The van der Waals surface area contributed by atoms with Gasteiger partial charge in [-0.2, -0.15) is 0 Å². The van der Waals surface area contributed by atoms with Crippen LogP contribution in [0.1, 0.15) is 62.6 Å². The zero-order valence-electron chi connectivity index (χ0n) is 17.3. The Morgan fingerprint density at radius 2 is 2.00 bits per heavy atom. The van der Waals surface area contributed by atoms with Crippen molar-refractivity contribution in [2.45, 2.75) is 57.9 Å². The lowest BCUT2D eigenvalue weighted by Crippen LogP contribution is -2.30. The number of urea groups is 1. The summed E-state index contributed by atoms with van der Waals surface area (Å²) in [7, 11) is -3.48. The Hall–Kier alpha value is -2.00. The summed E-state index contributed by atoms with van der Waals surface area (Å²) in [6.07, 6.45) is 5.84. The van der Waals surface area contributed by atoms with Gasteiger partial charge >= 0.3 is 6.03 Å². The van der Waals surface area contributed by atoms with Crippen LogP contribution in [0.5, 0.6) is 0 Å². The quantitative estimate of drug-likeness (QED) is 0.387. The predicted octanol–water partition coefficient (Wildman–Crippen LogP) is 2.87. The van der Waals surface area contributed by atoms with E-state index < -0.39 is 16.1 Å². The minimum atomic E-state index is -3.48. The van der Waals surface area contributed by atoms with Crippen molar-refractivity contribution < 1.29 is 22.4 Å². The molecule has 2 aliphatic rings. The second kappa shape index (κ2) is 9.87. The fourth-order valence-electron chi connectivity index (χ4n) is 3.65. The molecule has 1 aromatic carbocycles. The van der Waals surface area contributed by atoms with Crippen LogP contribution >= 0.6 is 0 Å². The van der Waals surface area contributed by atoms with Crippen molar-refractivity contribution >= 4 is 22.0 Å². The second-order valence-electron chi connectivity index (χ2n) is 8.33. The van der Waals surface area contributed by atoms with Crippen LogP contribution in [0.4, 0.5) is 9.18 Å². The molecular formula is C21H30FN3O4S. The Balaban J connectivity index is 1.42. The first kappa shape index (κ1) is 22.7. The van der Waals surface area contributed by atoms with E-state index in [9.17, 15) is 22.4 Å². The summed E-state index contributed by atoms with van der Waals surface area (Å²) in [4.78, 5) is 24.0. The van der Waals surface area contributed by atoms with Gasteiger partial charge in [0.15, 0.2) is 0 Å². The third-order valence-corrected chi connectivity index (χ3v) is 7.19. The molecule has 3 rings (SSSR count). The van der Waals surface area contributed by atoms with E-state index in [1.54, 1.807) is 19.1 Å². The molecule has 0 unspecified atom stereocenters. The summed E-state index contributed by atoms with van der Waals surface area (Å²) >= 11 is 0. The molecule has 1 aliphatic carbocycles. The maximum atomic E-state index is 14.1. The van der Waals surface area contributed by atoms with E-state index in [1.807, 2.05) is 0 Å². The number of amides is 3. The Bertz CT molecular complexity index is 886. The average molecular weight is 440 g/mol. The van der Waals surface area contributed by atoms with E-state index in [0.29, 0.717) is 43.7 Å².